The number of likely N-dealkylation sites (N-methyl/N-ethyl adjacent to an activating group) is 1. The van der Waals surface area contributed by atoms with Crippen molar-refractivity contribution in [2.75, 3.05) is 47.5 Å². The first-order chi connectivity index (χ1) is 30.5. The molecule has 0 aliphatic heterocycles. The molecular formula is C53H104NO8P. The van der Waals surface area contributed by atoms with Crippen LogP contribution in [-0.4, -0.2) is 70.0 Å². The lowest BCUT2D eigenvalue weighted by Gasteiger charge is -2.28. The fraction of sp³-hybridized carbons (Fsp3) is 0.925. The Morgan fingerprint density at radius 1 is 0.476 bits per heavy atom. The Balaban J connectivity index is 4.18. The number of quaternary nitrogens is 1. The summed E-state index contributed by atoms with van der Waals surface area (Å²) in [4.78, 5) is 37.8. The van der Waals surface area contributed by atoms with Gasteiger partial charge in [0.15, 0.2) is 6.10 Å². The third-order valence-corrected chi connectivity index (χ3v) is 13.0. The normalized spacial score (nSPS) is 13.4. The quantitative estimate of drug-likeness (QED) is 0.0195. The van der Waals surface area contributed by atoms with E-state index in [4.69, 9.17) is 18.5 Å². The van der Waals surface area contributed by atoms with Crippen molar-refractivity contribution in [3.8, 4) is 0 Å². The number of phosphoric acid groups is 1. The van der Waals surface area contributed by atoms with Gasteiger partial charge in [0.1, 0.15) is 19.8 Å². The molecule has 0 heterocycles. The van der Waals surface area contributed by atoms with E-state index in [1.54, 1.807) is 0 Å². The lowest BCUT2D eigenvalue weighted by Crippen LogP contribution is -2.37. The lowest BCUT2D eigenvalue weighted by molar-refractivity contribution is -0.870. The van der Waals surface area contributed by atoms with E-state index >= 15 is 0 Å². The van der Waals surface area contributed by atoms with Crippen LogP contribution in [0.25, 0.3) is 0 Å². The fourth-order valence-corrected chi connectivity index (χ4v) is 8.56. The van der Waals surface area contributed by atoms with E-state index in [0.717, 1.165) is 32.1 Å². The molecular weight excluding hydrogens is 810 g/mol. The van der Waals surface area contributed by atoms with E-state index in [1.807, 2.05) is 21.1 Å². The highest BCUT2D eigenvalue weighted by molar-refractivity contribution is 7.45. The van der Waals surface area contributed by atoms with Crippen LogP contribution in [-0.2, 0) is 32.7 Å². The number of esters is 2. The van der Waals surface area contributed by atoms with E-state index in [9.17, 15) is 19.0 Å². The van der Waals surface area contributed by atoms with E-state index in [1.165, 1.54) is 199 Å². The highest BCUT2D eigenvalue weighted by Crippen LogP contribution is 2.38. The minimum absolute atomic E-state index is 0.0270. The molecule has 0 spiro atoms. The van der Waals surface area contributed by atoms with Crippen molar-refractivity contribution in [1.29, 1.82) is 0 Å². The molecule has 374 valence electrons. The summed E-state index contributed by atoms with van der Waals surface area (Å²) < 4.78 is 34.1. The lowest BCUT2D eigenvalue weighted by atomic mass is 10.0. The van der Waals surface area contributed by atoms with Crippen LogP contribution < -0.4 is 4.89 Å². The third kappa shape index (κ3) is 50.0. The first kappa shape index (κ1) is 61.8. The number of rotatable bonds is 50. The van der Waals surface area contributed by atoms with Crippen molar-refractivity contribution in [3.63, 3.8) is 0 Å². The standard InChI is InChI=1S/C53H104NO8P/c1-6-8-10-12-14-16-18-20-22-24-26-27-28-30-31-33-35-37-39-41-43-45-52(55)59-49-51(50-61-63(57,58)60-48-47-54(3,4)5)62-53(56)46-44-42-40-38-36-34-32-29-25-23-21-19-17-15-13-11-9-7-2/h20,22,51H,6-19,21,23-50H2,1-5H3/b22-20+/t51-/m1/s1. The molecule has 0 N–H and O–H groups in total. The van der Waals surface area contributed by atoms with Crippen LogP contribution in [0.4, 0.5) is 0 Å². The summed E-state index contributed by atoms with van der Waals surface area (Å²) in [7, 11) is 1.18. The van der Waals surface area contributed by atoms with Gasteiger partial charge in [0, 0.05) is 12.8 Å². The number of nitrogens with zero attached hydrogens (tertiary/aromatic N) is 1. The average molecular weight is 914 g/mol. The number of ether oxygens (including phenoxy) is 2. The number of unbranched alkanes of at least 4 members (excludes halogenated alkanes) is 34. The van der Waals surface area contributed by atoms with Crippen molar-refractivity contribution >= 4 is 19.8 Å². The molecule has 0 radical (unpaired) electrons. The van der Waals surface area contributed by atoms with Crippen LogP contribution in [0.5, 0.6) is 0 Å². The van der Waals surface area contributed by atoms with Gasteiger partial charge in [0.05, 0.1) is 27.7 Å². The van der Waals surface area contributed by atoms with Gasteiger partial charge in [0.25, 0.3) is 7.82 Å². The van der Waals surface area contributed by atoms with Gasteiger partial charge in [-0.2, -0.15) is 0 Å². The van der Waals surface area contributed by atoms with Gasteiger partial charge < -0.3 is 27.9 Å². The van der Waals surface area contributed by atoms with Crippen LogP contribution in [0.3, 0.4) is 0 Å². The number of carbonyl (C=O) groups excluding carboxylic acids is 2. The van der Waals surface area contributed by atoms with Crippen molar-refractivity contribution in [1.82, 2.24) is 0 Å². The molecule has 2 atom stereocenters. The molecule has 0 aromatic carbocycles. The molecule has 63 heavy (non-hydrogen) atoms. The number of allylic oxidation sites excluding steroid dienone is 2. The van der Waals surface area contributed by atoms with E-state index in [0.29, 0.717) is 17.4 Å². The topological polar surface area (TPSA) is 111 Å². The second-order valence-electron chi connectivity index (χ2n) is 19.6. The summed E-state index contributed by atoms with van der Waals surface area (Å²) in [6.45, 7) is 4.28. The largest absolute Gasteiger partial charge is 0.756 e. The molecule has 0 bridgehead atoms. The minimum atomic E-state index is -4.63. The van der Waals surface area contributed by atoms with Crippen molar-refractivity contribution < 1.29 is 42.1 Å². The van der Waals surface area contributed by atoms with Crippen LogP contribution in [0.2, 0.25) is 0 Å². The van der Waals surface area contributed by atoms with Gasteiger partial charge >= 0.3 is 11.9 Å². The second-order valence-corrected chi connectivity index (χ2v) is 21.0. The summed E-state index contributed by atoms with van der Waals surface area (Å²) in [5, 5.41) is 0. The predicted octanol–water partition coefficient (Wildman–Crippen LogP) is 15.5. The Labute approximate surface area is 390 Å². The Morgan fingerprint density at radius 3 is 1.17 bits per heavy atom. The van der Waals surface area contributed by atoms with Crippen LogP contribution in [0.1, 0.15) is 264 Å². The first-order valence-electron chi connectivity index (χ1n) is 26.9. The van der Waals surface area contributed by atoms with Crippen LogP contribution in [0.15, 0.2) is 12.2 Å². The minimum Gasteiger partial charge on any atom is -0.756 e. The monoisotopic (exact) mass is 914 g/mol. The number of carbonyl (C=O) groups is 2. The smallest absolute Gasteiger partial charge is 0.306 e. The fourth-order valence-electron chi connectivity index (χ4n) is 7.83. The third-order valence-electron chi connectivity index (χ3n) is 12.0. The maximum absolute atomic E-state index is 12.7. The van der Waals surface area contributed by atoms with Crippen LogP contribution in [0, 0.1) is 0 Å². The van der Waals surface area contributed by atoms with Gasteiger partial charge in [-0.25, -0.2) is 0 Å². The Bertz CT molecular complexity index is 1080. The molecule has 1 unspecified atom stereocenters. The van der Waals surface area contributed by atoms with Gasteiger partial charge in [-0.15, -0.1) is 0 Å². The summed E-state index contributed by atoms with van der Waals surface area (Å²) >= 11 is 0. The second kappa shape index (κ2) is 45.9. The molecule has 0 aromatic rings. The van der Waals surface area contributed by atoms with E-state index in [-0.39, 0.29) is 32.0 Å². The zero-order valence-electron chi connectivity index (χ0n) is 42.3. The molecule has 0 saturated heterocycles. The van der Waals surface area contributed by atoms with E-state index in [2.05, 4.69) is 26.0 Å². The number of hydrogen-bond donors (Lipinski definition) is 0. The SMILES string of the molecule is CCCCCCCC/C=C/CCCCCCCCCCCCCC(=O)OC[C@H](COP(=O)([O-])OCC[N+](C)(C)C)OC(=O)CCCCCCCCCCCCCCCCCCCC. The van der Waals surface area contributed by atoms with Gasteiger partial charge in [0.2, 0.25) is 0 Å². The average Bonchev–Trinajstić information content (AvgIpc) is 3.24. The van der Waals surface area contributed by atoms with Crippen LogP contribution >= 0.6 is 7.82 Å². The van der Waals surface area contributed by atoms with Gasteiger partial charge in [-0.3, -0.25) is 14.2 Å². The van der Waals surface area contributed by atoms with Crippen molar-refractivity contribution in [2.45, 2.75) is 270 Å². The summed E-state index contributed by atoms with van der Waals surface area (Å²) in [5.41, 5.74) is 0. The molecule has 10 heteroatoms. The van der Waals surface area contributed by atoms with E-state index < -0.39 is 26.5 Å². The summed E-state index contributed by atoms with van der Waals surface area (Å²) in [6, 6.07) is 0. The molecule has 0 fully saturated rings. The zero-order valence-corrected chi connectivity index (χ0v) is 43.2. The molecule has 0 rings (SSSR count). The molecule has 0 aliphatic carbocycles. The summed E-state index contributed by atoms with van der Waals surface area (Å²) in [5.74, 6) is -0.818. The van der Waals surface area contributed by atoms with Crippen molar-refractivity contribution in [3.05, 3.63) is 12.2 Å². The molecule has 9 nitrogen and oxygen atoms in total. The summed E-state index contributed by atoms with van der Waals surface area (Å²) in [6.07, 6.45) is 51.0. The maximum atomic E-state index is 12.7. The van der Waals surface area contributed by atoms with Gasteiger partial charge in [-0.05, 0) is 38.5 Å². The maximum Gasteiger partial charge on any atom is 0.306 e. The molecule has 0 aliphatic rings. The highest BCUT2D eigenvalue weighted by Gasteiger charge is 2.21. The Kier molecular flexibility index (Phi) is 45.0. The van der Waals surface area contributed by atoms with Gasteiger partial charge in [-0.1, -0.05) is 225 Å². The first-order valence-corrected chi connectivity index (χ1v) is 28.4. The Morgan fingerprint density at radius 2 is 0.810 bits per heavy atom. The molecule has 0 saturated carbocycles. The number of hydrogen-bond acceptors (Lipinski definition) is 8. The Hall–Kier alpha value is -1.25. The zero-order chi connectivity index (χ0) is 46.4. The number of phosphoric ester groups is 1. The molecule has 0 aromatic heterocycles. The predicted molar refractivity (Wildman–Crippen MR) is 264 cm³/mol. The molecule has 0 amide bonds. The van der Waals surface area contributed by atoms with Crippen molar-refractivity contribution in [2.24, 2.45) is 0 Å². The highest BCUT2D eigenvalue weighted by atomic mass is 31.2.